The van der Waals surface area contributed by atoms with Crippen molar-refractivity contribution in [2.75, 3.05) is 13.7 Å². The quantitative estimate of drug-likeness (QED) is 0.757. The minimum atomic E-state index is -0.222. The van der Waals surface area contributed by atoms with Gasteiger partial charge in [-0.05, 0) is 54.4 Å². The van der Waals surface area contributed by atoms with Crippen LogP contribution in [0.5, 0.6) is 5.75 Å². The van der Waals surface area contributed by atoms with Gasteiger partial charge in [0.15, 0.2) is 0 Å². The maximum absolute atomic E-state index is 14.1. The predicted molar refractivity (Wildman–Crippen MR) is 88.1 cm³/mol. The number of rotatable bonds is 6. The van der Waals surface area contributed by atoms with Gasteiger partial charge in [0.25, 0.3) is 0 Å². The van der Waals surface area contributed by atoms with Crippen LogP contribution in [0.4, 0.5) is 4.39 Å². The molecule has 0 atom stereocenters. The number of methoxy groups -OCH3 is 1. The molecule has 112 valence electrons. The molecular weight excluding hydrogens is 333 g/mol. The third-order valence-electron chi connectivity index (χ3n) is 3.27. The molecule has 0 aliphatic carbocycles. The molecule has 2 rings (SSSR count). The second-order valence-electron chi connectivity index (χ2n) is 4.82. The van der Waals surface area contributed by atoms with Gasteiger partial charge >= 0.3 is 0 Å². The van der Waals surface area contributed by atoms with Gasteiger partial charge in [-0.2, -0.15) is 0 Å². The van der Waals surface area contributed by atoms with Gasteiger partial charge in [-0.3, -0.25) is 0 Å². The summed E-state index contributed by atoms with van der Waals surface area (Å²) in [5.74, 6) is 0.558. The normalized spacial score (nSPS) is 10.7. The average Bonchev–Trinajstić information content (AvgIpc) is 2.50. The third kappa shape index (κ3) is 4.05. The van der Waals surface area contributed by atoms with Gasteiger partial charge in [0.05, 0.1) is 7.11 Å². The van der Waals surface area contributed by atoms with Crippen molar-refractivity contribution in [2.24, 2.45) is 0 Å². The van der Waals surface area contributed by atoms with E-state index in [1.54, 1.807) is 19.2 Å². The molecule has 0 spiro atoms. The minimum Gasteiger partial charge on any atom is -0.497 e. The first-order chi connectivity index (χ1) is 10.2. The van der Waals surface area contributed by atoms with Crippen LogP contribution < -0.4 is 10.1 Å². The molecule has 0 aliphatic rings. The van der Waals surface area contributed by atoms with E-state index < -0.39 is 0 Å². The summed E-state index contributed by atoms with van der Waals surface area (Å²) in [7, 11) is 1.64. The van der Waals surface area contributed by atoms with Crippen LogP contribution in [0.3, 0.4) is 0 Å². The van der Waals surface area contributed by atoms with Crippen molar-refractivity contribution in [3.63, 3.8) is 0 Å². The Kier molecular flexibility index (Phi) is 5.76. The summed E-state index contributed by atoms with van der Waals surface area (Å²) >= 11 is 3.40. The van der Waals surface area contributed by atoms with Gasteiger partial charge in [-0.25, -0.2) is 4.39 Å². The van der Waals surface area contributed by atoms with Gasteiger partial charge in [0.1, 0.15) is 11.6 Å². The molecule has 0 bridgehead atoms. The molecule has 2 aromatic carbocycles. The number of nitrogens with one attached hydrogen (secondary N) is 1. The van der Waals surface area contributed by atoms with Gasteiger partial charge in [0, 0.05) is 16.6 Å². The summed E-state index contributed by atoms with van der Waals surface area (Å²) < 4.78 is 20.3. The number of hydrogen-bond acceptors (Lipinski definition) is 2. The fraction of sp³-hybridized carbons (Fsp3) is 0.294. The molecule has 0 fully saturated rings. The standard InChI is InChI=1S/C17H19BrFNO/c1-3-8-20-11-12-9-14(21-2)5-6-15(12)16-10-13(18)4-7-17(16)19/h4-7,9-10,20H,3,8,11H2,1-2H3. The summed E-state index contributed by atoms with van der Waals surface area (Å²) in [5, 5.41) is 3.36. The monoisotopic (exact) mass is 351 g/mol. The molecule has 4 heteroatoms. The zero-order chi connectivity index (χ0) is 15.2. The SMILES string of the molecule is CCCNCc1cc(OC)ccc1-c1cc(Br)ccc1F. The summed E-state index contributed by atoms with van der Waals surface area (Å²) in [6, 6.07) is 10.7. The van der Waals surface area contributed by atoms with E-state index in [1.807, 2.05) is 18.2 Å². The molecule has 0 unspecified atom stereocenters. The highest BCUT2D eigenvalue weighted by Crippen LogP contribution is 2.31. The van der Waals surface area contributed by atoms with E-state index in [0.717, 1.165) is 34.3 Å². The van der Waals surface area contributed by atoms with E-state index in [1.165, 1.54) is 6.07 Å². The first kappa shape index (κ1) is 16.0. The topological polar surface area (TPSA) is 21.3 Å². The van der Waals surface area contributed by atoms with Crippen molar-refractivity contribution in [2.45, 2.75) is 19.9 Å². The zero-order valence-electron chi connectivity index (χ0n) is 12.2. The molecule has 0 heterocycles. The predicted octanol–water partition coefficient (Wildman–Crippen LogP) is 4.76. The van der Waals surface area contributed by atoms with Crippen LogP contribution in [0, 0.1) is 5.82 Å². The van der Waals surface area contributed by atoms with Crippen molar-refractivity contribution in [3.8, 4) is 16.9 Å². The van der Waals surface area contributed by atoms with Gasteiger partial charge < -0.3 is 10.1 Å². The lowest BCUT2D eigenvalue weighted by Crippen LogP contribution is -2.14. The smallest absolute Gasteiger partial charge is 0.131 e. The highest BCUT2D eigenvalue weighted by atomic mass is 79.9. The Morgan fingerprint density at radius 3 is 2.67 bits per heavy atom. The minimum absolute atomic E-state index is 0.222. The maximum Gasteiger partial charge on any atom is 0.131 e. The average molecular weight is 352 g/mol. The van der Waals surface area contributed by atoms with Crippen LogP contribution in [0.2, 0.25) is 0 Å². The highest BCUT2D eigenvalue weighted by Gasteiger charge is 2.11. The van der Waals surface area contributed by atoms with E-state index in [0.29, 0.717) is 12.1 Å². The third-order valence-corrected chi connectivity index (χ3v) is 3.77. The van der Waals surface area contributed by atoms with E-state index in [2.05, 4.69) is 28.2 Å². The largest absolute Gasteiger partial charge is 0.497 e. The molecule has 0 saturated heterocycles. The molecular formula is C17H19BrFNO. The molecule has 0 aliphatic heterocycles. The van der Waals surface area contributed by atoms with Crippen LogP contribution in [0.25, 0.3) is 11.1 Å². The Bertz CT molecular complexity index is 616. The summed E-state index contributed by atoms with van der Waals surface area (Å²) in [4.78, 5) is 0. The molecule has 21 heavy (non-hydrogen) atoms. The van der Waals surface area contributed by atoms with E-state index in [-0.39, 0.29) is 5.82 Å². The molecule has 1 N–H and O–H groups in total. The fourth-order valence-electron chi connectivity index (χ4n) is 2.21. The van der Waals surface area contributed by atoms with Gasteiger partial charge in [-0.1, -0.05) is 28.9 Å². The second kappa shape index (κ2) is 7.57. The molecule has 0 amide bonds. The summed E-state index contributed by atoms with van der Waals surface area (Å²) in [6.07, 6.45) is 1.06. The fourth-order valence-corrected chi connectivity index (χ4v) is 2.57. The Morgan fingerprint density at radius 1 is 1.14 bits per heavy atom. The molecule has 0 aromatic heterocycles. The maximum atomic E-state index is 14.1. The Balaban J connectivity index is 2.43. The van der Waals surface area contributed by atoms with Crippen molar-refractivity contribution < 1.29 is 9.13 Å². The lowest BCUT2D eigenvalue weighted by molar-refractivity contribution is 0.414. The Hall–Kier alpha value is -1.39. The van der Waals surface area contributed by atoms with Crippen molar-refractivity contribution in [1.82, 2.24) is 5.32 Å². The number of benzene rings is 2. The van der Waals surface area contributed by atoms with E-state index in [4.69, 9.17) is 4.74 Å². The van der Waals surface area contributed by atoms with Crippen molar-refractivity contribution >= 4 is 15.9 Å². The molecule has 2 nitrogen and oxygen atoms in total. The lowest BCUT2D eigenvalue weighted by Gasteiger charge is -2.13. The zero-order valence-corrected chi connectivity index (χ0v) is 13.8. The number of halogens is 2. The van der Waals surface area contributed by atoms with Crippen LogP contribution in [0.1, 0.15) is 18.9 Å². The lowest BCUT2D eigenvalue weighted by atomic mass is 9.98. The Labute approximate surface area is 133 Å². The number of ether oxygens (including phenoxy) is 1. The highest BCUT2D eigenvalue weighted by molar-refractivity contribution is 9.10. The Morgan fingerprint density at radius 2 is 1.95 bits per heavy atom. The van der Waals surface area contributed by atoms with Gasteiger partial charge in [-0.15, -0.1) is 0 Å². The van der Waals surface area contributed by atoms with E-state index in [9.17, 15) is 4.39 Å². The summed E-state index contributed by atoms with van der Waals surface area (Å²) in [6.45, 7) is 3.73. The van der Waals surface area contributed by atoms with E-state index >= 15 is 0 Å². The van der Waals surface area contributed by atoms with Gasteiger partial charge in [0.2, 0.25) is 0 Å². The first-order valence-electron chi connectivity index (χ1n) is 6.98. The first-order valence-corrected chi connectivity index (χ1v) is 7.78. The van der Waals surface area contributed by atoms with Crippen LogP contribution in [0.15, 0.2) is 40.9 Å². The molecule has 0 saturated carbocycles. The van der Waals surface area contributed by atoms with Crippen LogP contribution >= 0.6 is 15.9 Å². The molecule has 2 aromatic rings. The van der Waals surface area contributed by atoms with Crippen molar-refractivity contribution in [3.05, 3.63) is 52.3 Å². The number of hydrogen-bond donors (Lipinski definition) is 1. The van der Waals surface area contributed by atoms with Crippen molar-refractivity contribution in [1.29, 1.82) is 0 Å². The second-order valence-corrected chi connectivity index (χ2v) is 5.74. The van der Waals surface area contributed by atoms with Crippen LogP contribution in [-0.2, 0) is 6.54 Å². The summed E-state index contributed by atoms with van der Waals surface area (Å²) in [5.41, 5.74) is 2.51. The molecule has 0 radical (unpaired) electrons. The van der Waals surface area contributed by atoms with Crippen LogP contribution in [-0.4, -0.2) is 13.7 Å².